The van der Waals surface area contributed by atoms with E-state index in [9.17, 15) is 4.79 Å². The Kier molecular flexibility index (Phi) is 6.40. The molecule has 2 aromatic carbocycles. The second-order valence-corrected chi connectivity index (χ2v) is 8.03. The SMILES string of the molecule is CCOC(=O)N1CCc2c([nH]c3ccc(Cl)cc23)C1c1ccc(OCCCCl)cc1. The number of carbonyl (C=O) groups excluding carboxylic acids is 1. The number of hydrogen-bond acceptors (Lipinski definition) is 3. The van der Waals surface area contributed by atoms with Gasteiger partial charge in [-0.1, -0.05) is 23.7 Å². The number of alkyl halides is 1. The predicted molar refractivity (Wildman–Crippen MR) is 120 cm³/mol. The van der Waals surface area contributed by atoms with Gasteiger partial charge in [0.05, 0.1) is 13.2 Å². The van der Waals surface area contributed by atoms with E-state index >= 15 is 0 Å². The molecule has 7 heteroatoms. The number of amides is 1. The zero-order valence-electron chi connectivity index (χ0n) is 16.8. The largest absolute Gasteiger partial charge is 0.494 e. The minimum Gasteiger partial charge on any atom is -0.494 e. The third-order valence-electron chi connectivity index (χ3n) is 5.33. The fourth-order valence-corrected chi connectivity index (χ4v) is 4.28. The van der Waals surface area contributed by atoms with Gasteiger partial charge in [-0.3, -0.25) is 4.90 Å². The highest BCUT2D eigenvalue weighted by Crippen LogP contribution is 2.39. The highest BCUT2D eigenvalue weighted by molar-refractivity contribution is 6.31. The van der Waals surface area contributed by atoms with Gasteiger partial charge in [-0.05, 0) is 61.2 Å². The first kappa shape index (κ1) is 20.9. The van der Waals surface area contributed by atoms with Gasteiger partial charge in [0.1, 0.15) is 11.8 Å². The lowest BCUT2D eigenvalue weighted by Crippen LogP contribution is -2.40. The van der Waals surface area contributed by atoms with Crippen molar-refractivity contribution in [2.45, 2.75) is 25.8 Å². The lowest BCUT2D eigenvalue weighted by molar-refractivity contribution is 0.0932. The maximum absolute atomic E-state index is 12.7. The Morgan fingerprint density at radius 2 is 2.03 bits per heavy atom. The molecule has 0 aliphatic carbocycles. The van der Waals surface area contributed by atoms with Crippen LogP contribution in [0.25, 0.3) is 10.9 Å². The number of nitrogens with zero attached hydrogens (tertiary/aromatic N) is 1. The highest BCUT2D eigenvalue weighted by Gasteiger charge is 2.35. The van der Waals surface area contributed by atoms with Crippen LogP contribution in [0.2, 0.25) is 5.02 Å². The van der Waals surface area contributed by atoms with Crippen LogP contribution in [-0.2, 0) is 11.2 Å². The molecule has 2 heterocycles. The van der Waals surface area contributed by atoms with Crippen molar-refractivity contribution in [3.8, 4) is 5.75 Å². The monoisotopic (exact) mass is 446 g/mol. The van der Waals surface area contributed by atoms with Crippen molar-refractivity contribution < 1.29 is 14.3 Å². The van der Waals surface area contributed by atoms with Crippen LogP contribution in [0.5, 0.6) is 5.75 Å². The zero-order valence-corrected chi connectivity index (χ0v) is 18.3. The van der Waals surface area contributed by atoms with E-state index in [4.69, 9.17) is 32.7 Å². The van der Waals surface area contributed by atoms with Crippen LogP contribution >= 0.6 is 23.2 Å². The number of aromatic nitrogens is 1. The van der Waals surface area contributed by atoms with Gasteiger partial charge in [-0.2, -0.15) is 0 Å². The van der Waals surface area contributed by atoms with Crippen LogP contribution in [0.3, 0.4) is 0 Å². The van der Waals surface area contributed by atoms with Crippen molar-refractivity contribution >= 4 is 40.2 Å². The fraction of sp³-hybridized carbons (Fsp3) is 0.348. The molecule has 1 unspecified atom stereocenters. The number of nitrogens with one attached hydrogen (secondary N) is 1. The summed E-state index contributed by atoms with van der Waals surface area (Å²) in [6.07, 6.45) is 1.22. The first-order valence-electron chi connectivity index (χ1n) is 10.1. The summed E-state index contributed by atoms with van der Waals surface area (Å²) in [6, 6.07) is 13.4. The molecule has 1 aromatic heterocycles. The number of fused-ring (bicyclic) bond motifs is 3. The number of carbonyl (C=O) groups is 1. The molecule has 1 aliphatic heterocycles. The van der Waals surface area contributed by atoms with Crippen molar-refractivity contribution in [2.24, 2.45) is 0 Å². The van der Waals surface area contributed by atoms with E-state index < -0.39 is 0 Å². The Bertz CT molecular complexity index is 1030. The molecule has 5 nitrogen and oxygen atoms in total. The topological polar surface area (TPSA) is 54.6 Å². The first-order valence-corrected chi connectivity index (χ1v) is 11.1. The van der Waals surface area contributed by atoms with Crippen LogP contribution in [0, 0.1) is 0 Å². The van der Waals surface area contributed by atoms with E-state index in [2.05, 4.69) is 4.98 Å². The molecule has 30 heavy (non-hydrogen) atoms. The lowest BCUT2D eigenvalue weighted by Gasteiger charge is -2.35. The molecule has 0 fully saturated rings. The van der Waals surface area contributed by atoms with Crippen molar-refractivity contribution in [2.75, 3.05) is 25.6 Å². The van der Waals surface area contributed by atoms with E-state index in [1.807, 2.05) is 49.4 Å². The zero-order chi connectivity index (χ0) is 21.1. The van der Waals surface area contributed by atoms with E-state index in [-0.39, 0.29) is 12.1 Å². The third kappa shape index (κ3) is 4.09. The lowest BCUT2D eigenvalue weighted by atomic mass is 9.92. The van der Waals surface area contributed by atoms with Crippen LogP contribution in [0.15, 0.2) is 42.5 Å². The summed E-state index contributed by atoms with van der Waals surface area (Å²) in [5.41, 5.74) is 4.20. The Balaban J connectivity index is 1.73. The molecular weight excluding hydrogens is 423 g/mol. The van der Waals surface area contributed by atoms with Gasteiger partial charge >= 0.3 is 6.09 Å². The second-order valence-electron chi connectivity index (χ2n) is 7.21. The van der Waals surface area contributed by atoms with Crippen molar-refractivity contribution in [1.29, 1.82) is 0 Å². The van der Waals surface area contributed by atoms with Gasteiger partial charge in [0.2, 0.25) is 0 Å². The van der Waals surface area contributed by atoms with Gasteiger partial charge in [-0.25, -0.2) is 4.79 Å². The fourth-order valence-electron chi connectivity index (χ4n) is 4.00. The molecule has 1 amide bonds. The molecule has 1 atom stereocenters. The molecule has 0 radical (unpaired) electrons. The summed E-state index contributed by atoms with van der Waals surface area (Å²) >= 11 is 12.0. The minimum absolute atomic E-state index is 0.268. The highest BCUT2D eigenvalue weighted by atomic mass is 35.5. The standard InChI is InChI=1S/C23H24Cl2N2O3/c1-2-29-23(28)27-12-10-18-19-14-16(25)6-9-20(19)26-21(18)22(27)15-4-7-17(8-5-15)30-13-3-11-24/h4-9,14,22,26H,2-3,10-13H2,1H3. The van der Waals surface area contributed by atoms with Gasteiger partial charge in [0, 0.05) is 34.0 Å². The number of aromatic amines is 1. The number of halogens is 2. The Morgan fingerprint density at radius 1 is 1.23 bits per heavy atom. The summed E-state index contributed by atoms with van der Waals surface area (Å²) in [7, 11) is 0. The van der Waals surface area contributed by atoms with Crippen LogP contribution in [-0.4, -0.2) is 41.6 Å². The molecule has 3 aromatic rings. The third-order valence-corrected chi connectivity index (χ3v) is 5.84. The number of hydrogen-bond donors (Lipinski definition) is 1. The number of rotatable bonds is 6. The summed E-state index contributed by atoms with van der Waals surface area (Å²) in [5, 5.41) is 1.80. The smallest absolute Gasteiger partial charge is 0.410 e. The summed E-state index contributed by atoms with van der Waals surface area (Å²) in [5.74, 6) is 1.35. The molecule has 0 bridgehead atoms. The summed E-state index contributed by atoms with van der Waals surface area (Å²) in [6.45, 7) is 3.31. The maximum Gasteiger partial charge on any atom is 0.410 e. The normalized spacial score (nSPS) is 15.8. The Labute approximate surface area is 185 Å². The molecule has 0 saturated carbocycles. The van der Waals surface area contributed by atoms with Gasteiger partial charge < -0.3 is 14.5 Å². The first-order chi connectivity index (χ1) is 14.6. The molecule has 158 valence electrons. The average Bonchev–Trinajstić information content (AvgIpc) is 3.12. The number of ether oxygens (including phenoxy) is 2. The second kappa shape index (κ2) is 9.19. The number of H-pyrrole nitrogens is 1. The molecule has 1 aliphatic rings. The van der Waals surface area contributed by atoms with Gasteiger partial charge in [0.25, 0.3) is 0 Å². The predicted octanol–water partition coefficient (Wildman–Crippen LogP) is 5.93. The van der Waals surface area contributed by atoms with Crippen LogP contribution in [0.1, 0.15) is 36.2 Å². The Hall–Kier alpha value is -2.37. The van der Waals surface area contributed by atoms with E-state index in [1.165, 1.54) is 5.56 Å². The minimum atomic E-state index is -0.313. The molecule has 0 spiro atoms. The van der Waals surface area contributed by atoms with Gasteiger partial charge in [-0.15, -0.1) is 11.6 Å². The maximum atomic E-state index is 12.7. The van der Waals surface area contributed by atoms with E-state index in [0.29, 0.717) is 30.7 Å². The van der Waals surface area contributed by atoms with Gasteiger partial charge in [0.15, 0.2) is 0 Å². The average molecular weight is 447 g/mol. The van der Waals surface area contributed by atoms with E-state index in [1.54, 1.807) is 4.90 Å². The van der Waals surface area contributed by atoms with Crippen molar-refractivity contribution in [1.82, 2.24) is 9.88 Å². The summed E-state index contributed by atoms with van der Waals surface area (Å²) in [4.78, 5) is 18.0. The number of benzene rings is 2. The Morgan fingerprint density at radius 3 is 2.77 bits per heavy atom. The molecule has 1 N–H and O–H groups in total. The van der Waals surface area contributed by atoms with Crippen LogP contribution in [0.4, 0.5) is 4.79 Å². The van der Waals surface area contributed by atoms with Crippen LogP contribution < -0.4 is 4.74 Å². The van der Waals surface area contributed by atoms with E-state index in [0.717, 1.165) is 40.8 Å². The molecule has 4 rings (SSSR count). The molecule has 0 saturated heterocycles. The molecular formula is C23H24Cl2N2O3. The van der Waals surface area contributed by atoms with Crippen molar-refractivity contribution in [3.05, 3.63) is 64.3 Å². The summed E-state index contributed by atoms with van der Waals surface area (Å²) < 4.78 is 11.1. The quantitative estimate of drug-likeness (QED) is 0.376. The van der Waals surface area contributed by atoms with Crippen molar-refractivity contribution in [3.63, 3.8) is 0 Å².